The van der Waals surface area contributed by atoms with Gasteiger partial charge >= 0.3 is 23.4 Å². The van der Waals surface area contributed by atoms with Crippen molar-refractivity contribution in [3.63, 3.8) is 0 Å². The molecule has 1 N–H and O–H groups in total. The molecule has 1 aromatic heterocycles. The number of nitro groups is 1. The van der Waals surface area contributed by atoms with Crippen molar-refractivity contribution in [3.8, 4) is 11.8 Å². The van der Waals surface area contributed by atoms with Crippen LogP contribution in [0.4, 0.5) is 24.7 Å². The number of rotatable bonds is 4. The van der Waals surface area contributed by atoms with Gasteiger partial charge in [0.2, 0.25) is 5.82 Å². The SMILES string of the molecule is Cc1ncnc(NCCC#Cc2ccccc2C(F)(F)F)c1[N+](=O)[O-].O=S=O. The van der Waals surface area contributed by atoms with Crippen LogP contribution in [0.3, 0.4) is 0 Å². The average Bonchev–Trinajstić information content (AvgIpc) is 2.61. The monoisotopic (exact) mass is 414 g/mol. The predicted molar refractivity (Wildman–Crippen MR) is 93.8 cm³/mol. The highest BCUT2D eigenvalue weighted by Crippen LogP contribution is 2.31. The van der Waals surface area contributed by atoms with Crippen molar-refractivity contribution in [2.45, 2.75) is 19.5 Å². The Morgan fingerprint density at radius 3 is 2.50 bits per heavy atom. The minimum absolute atomic E-state index is 0.0509. The molecule has 0 fully saturated rings. The third-order valence-corrected chi connectivity index (χ3v) is 3.19. The second-order valence-corrected chi connectivity index (χ2v) is 5.14. The highest BCUT2D eigenvalue weighted by molar-refractivity contribution is 7.51. The van der Waals surface area contributed by atoms with E-state index < -0.39 is 28.2 Å². The number of nitrogens with one attached hydrogen (secondary N) is 1. The fraction of sp³-hybridized carbons (Fsp3) is 0.250. The average molecular weight is 414 g/mol. The number of halogens is 3. The number of aromatic nitrogens is 2. The van der Waals surface area contributed by atoms with Crippen LogP contribution in [-0.4, -0.2) is 29.9 Å². The first-order chi connectivity index (χ1) is 13.2. The lowest BCUT2D eigenvalue weighted by molar-refractivity contribution is -0.385. The maximum absolute atomic E-state index is 12.8. The molecule has 28 heavy (non-hydrogen) atoms. The Kier molecular flexibility index (Phi) is 8.70. The van der Waals surface area contributed by atoms with Gasteiger partial charge in [0.1, 0.15) is 12.0 Å². The van der Waals surface area contributed by atoms with Gasteiger partial charge in [-0.3, -0.25) is 10.1 Å². The van der Waals surface area contributed by atoms with Crippen LogP contribution in [0.1, 0.15) is 23.2 Å². The quantitative estimate of drug-likeness (QED) is 0.354. The smallest absolute Gasteiger partial charge is 0.363 e. The predicted octanol–water partition coefficient (Wildman–Crippen LogP) is 2.90. The maximum atomic E-state index is 12.8. The second-order valence-electron chi connectivity index (χ2n) is 5.00. The third-order valence-electron chi connectivity index (χ3n) is 3.19. The molecule has 2 aromatic rings. The van der Waals surface area contributed by atoms with Crippen LogP contribution in [0, 0.1) is 28.9 Å². The minimum atomic E-state index is -4.47. The highest BCUT2D eigenvalue weighted by atomic mass is 32.1. The molecular formula is C16H13F3N4O4S. The molecule has 0 saturated carbocycles. The number of aryl methyl sites for hydroxylation is 1. The first-order valence-electron chi connectivity index (χ1n) is 7.49. The highest BCUT2D eigenvalue weighted by Gasteiger charge is 2.32. The minimum Gasteiger partial charge on any atom is -0.363 e. The van der Waals surface area contributed by atoms with Gasteiger partial charge in [-0.2, -0.15) is 21.6 Å². The van der Waals surface area contributed by atoms with Gasteiger partial charge in [-0.15, -0.1) is 0 Å². The number of benzene rings is 1. The van der Waals surface area contributed by atoms with Crippen LogP contribution in [-0.2, 0) is 17.7 Å². The first kappa shape index (κ1) is 22.7. The standard InChI is InChI=1S/C16H13F3N4O2.O2S/c1-11-14(23(24)25)15(22-10-21-11)20-9-5-4-7-12-6-2-3-8-13(12)16(17,18)19;1-3-2/h2-3,6,8,10H,5,9H2,1H3,(H,20,21,22);. The number of hydrogen-bond acceptors (Lipinski definition) is 7. The van der Waals surface area contributed by atoms with Crippen LogP contribution in [0.25, 0.3) is 0 Å². The van der Waals surface area contributed by atoms with Crippen LogP contribution < -0.4 is 5.32 Å². The molecule has 1 heterocycles. The largest absolute Gasteiger partial charge is 0.417 e. The molecule has 0 bridgehead atoms. The summed E-state index contributed by atoms with van der Waals surface area (Å²) >= 11 is -0.750. The van der Waals surface area contributed by atoms with E-state index >= 15 is 0 Å². The zero-order valence-electron chi connectivity index (χ0n) is 14.3. The summed E-state index contributed by atoms with van der Waals surface area (Å²) < 4.78 is 55.1. The summed E-state index contributed by atoms with van der Waals surface area (Å²) in [6.07, 6.45) is -3.09. The number of anilines is 1. The molecule has 0 aliphatic carbocycles. The summed E-state index contributed by atoms with van der Waals surface area (Å²) in [6.45, 7) is 1.68. The van der Waals surface area contributed by atoms with Crippen molar-refractivity contribution in [2.75, 3.05) is 11.9 Å². The van der Waals surface area contributed by atoms with Crippen molar-refractivity contribution in [2.24, 2.45) is 0 Å². The van der Waals surface area contributed by atoms with Crippen molar-refractivity contribution >= 4 is 23.1 Å². The van der Waals surface area contributed by atoms with Gasteiger partial charge in [0.15, 0.2) is 0 Å². The Balaban J connectivity index is 0.00000122. The van der Waals surface area contributed by atoms with Crippen LogP contribution >= 0.6 is 0 Å². The third kappa shape index (κ3) is 6.76. The molecule has 0 spiro atoms. The molecule has 1 aromatic carbocycles. The zero-order chi connectivity index (χ0) is 21.2. The van der Waals surface area contributed by atoms with E-state index in [0.717, 1.165) is 6.07 Å². The van der Waals surface area contributed by atoms with Crippen molar-refractivity contribution in [1.82, 2.24) is 9.97 Å². The van der Waals surface area contributed by atoms with E-state index in [1.54, 1.807) is 0 Å². The van der Waals surface area contributed by atoms with Crippen LogP contribution in [0.15, 0.2) is 30.6 Å². The molecular weight excluding hydrogens is 401 g/mol. The van der Waals surface area contributed by atoms with Crippen molar-refractivity contribution in [1.29, 1.82) is 0 Å². The second kappa shape index (κ2) is 10.7. The fourth-order valence-corrected chi connectivity index (χ4v) is 2.06. The molecule has 148 valence electrons. The molecule has 0 amide bonds. The molecule has 8 nitrogen and oxygen atoms in total. The van der Waals surface area contributed by atoms with Crippen LogP contribution in [0.5, 0.6) is 0 Å². The van der Waals surface area contributed by atoms with Crippen LogP contribution in [0.2, 0.25) is 0 Å². The van der Waals surface area contributed by atoms with Gasteiger partial charge in [-0.1, -0.05) is 24.0 Å². The molecule has 12 heteroatoms. The summed E-state index contributed by atoms with van der Waals surface area (Å²) in [6, 6.07) is 5.04. The van der Waals surface area contributed by atoms with Gasteiger partial charge in [0, 0.05) is 18.5 Å². The summed E-state index contributed by atoms with van der Waals surface area (Å²) in [5, 5.41) is 13.7. The lowest BCUT2D eigenvalue weighted by Crippen LogP contribution is -2.08. The normalized spacial score (nSPS) is 10.0. The fourth-order valence-electron chi connectivity index (χ4n) is 2.06. The Morgan fingerprint density at radius 2 is 1.89 bits per heavy atom. The topological polar surface area (TPSA) is 115 Å². The number of alkyl halides is 3. The van der Waals surface area contributed by atoms with E-state index in [2.05, 4.69) is 27.1 Å². The maximum Gasteiger partial charge on any atom is 0.417 e. The Morgan fingerprint density at radius 1 is 1.25 bits per heavy atom. The Hall–Kier alpha value is -3.33. The van der Waals surface area contributed by atoms with Gasteiger partial charge < -0.3 is 5.32 Å². The van der Waals surface area contributed by atoms with E-state index in [9.17, 15) is 23.3 Å². The summed E-state index contributed by atoms with van der Waals surface area (Å²) in [5.74, 6) is 5.15. The molecule has 0 unspecified atom stereocenters. The molecule has 2 rings (SSSR count). The first-order valence-corrected chi connectivity index (χ1v) is 8.15. The Bertz CT molecular complexity index is 935. The summed E-state index contributed by atoms with van der Waals surface area (Å²) in [4.78, 5) is 18.0. The summed E-state index contributed by atoms with van der Waals surface area (Å²) in [5.41, 5.74) is -0.929. The molecule has 0 aliphatic heterocycles. The number of hydrogen-bond donors (Lipinski definition) is 1. The lowest BCUT2D eigenvalue weighted by Gasteiger charge is -2.08. The lowest BCUT2D eigenvalue weighted by atomic mass is 10.1. The molecule has 0 saturated heterocycles. The van der Waals surface area contributed by atoms with Crippen molar-refractivity contribution < 1.29 is 26.5 Å². The van der Waals surface area contributed by atoms with Gasteiger partial charge in [-0.25, -0.2) is 9.97 Å². The molecule has 0 aliphatic rings. The van der Waals surface area contributed by atoms with E-state index in [1.165, 1.54) is 31.5 Å². The molecule has 0 atom stereocenters. The van der Waals surface area contributed by atoms with Crippen molar-refractivity contribution in [3.05, 3.63) is 57.5 Å². The Labute approximate surface area is 161 Å². The van der Waals surface area contributed by atoms with Gasteiger partial charge in [-0.05, 0) is 19.1 Å². The van der Waals surface area contributed by atoms with Gasteiger partial charge in [0.25, 0.3) is 0 Å². The number of nitrogens with zero attached hydrogens (tertiary/aromatic N) is 3. The van der Waals surface area contributed by atoms with E-state index in [4.69, 9.17) is 8.42 Å². The zero-order valence-corrected chi connectivity index (χ0v) is 15.1. The van der Waals surface area contributed by atoms with E-state index in [1.807, 2.05) is 0 Å². The molecule has 0 radical (unpaired) electrons. The van der Waals surface area contributed by atoms with E-state index in [0.29, 0.717) is 0 Å². The summed E-state index contributed by atoms with van der Waals surface area (Å²) in [7, 11) is 0. The van der Waals surface area contributed by atoms with E-state index in [-0.39, 0.29) is 35.7 Å². The van der Waals surface area contributed by atoms with Gasteiger partial charge in [0.05, 0.1) is 10.5 Å².